The van der Waals surface area contributed by atoms with Crippen molar-refractivity contribution in [2.24, 2.45) is 11.7 Å². The Bertz CT molecular complexity index is 298. The van der Waals surface area contributed by atoms with Crippen molar-refractivity contribution in [2.45, 2.75) is 38.6 Å². The summed E-state index contributed by atoms with van der Waals surface area (Å²) in [6, 6.07) is 2.34. The molecule has 1 heterocycles. The number of nitrogens with two attached hydrogens (primary N) is 1. The first-order valence-electron chi connectivity index (χ1n) is 5.18. The lowest BCUT2D eigenvalue weighted by atomic mass is 9.81. The van der Waals surface area contributed by atoms with Gasteiger partial charge in [0.1, 0.15) is 0 Å². The predicted octanol–water partition coefficient (Wildman–Crippen LogP) is 3.90. The molecule has 78 valence electrons. The lowest BCUT2D eigenvalue weighted by molar-refractivity contribution is 0.278. The standard InChI is InChI=1S/C11H16ClNS/c1-7-5-10(14-11(7)12)9(13)6-8-3-2-4-8/h5,8-9H,2-4,6,13H2,1H3. The van der Waals surface area contributed by atoms with Crippen molar-refractivity contribution in [2.75, 3.05) is 0 Å². The molecular weight excluding hydrogens is 214 g/mol. The molecule has 1 aromatic heterocycles. The highest BCUT2D eigenvalue weighted by molar-refractivity contribution is 7.16. The summed E-state index contributed by atoms with van der Waals surface area (Å²) >= 11 is 7.66. The predicted molar refractivity (Wildman–Crippen MR) is 63.0 cm³/mol. The molecule has 0 spiro atoms. The van der Waals surface area contributed by atoms with E-state index >= 15 is 0 Å². The second kappa shape index (κ2) is 4.21. The van der Waals surface area contributed by atoms with Gasteiger partial charge < -0.3 is 5.73 Å². The Balaban J connectivity index is 1.98. The fourth-order valence-corrected chi connectivity index (χ4v) is 3.10. The summed E-state index contributed by atoms with van der Waals surface area (Å²) < 4.78 is 0.893. The van der Waals surface area contributed by atoms with Gasteiger partial charge in [0.2, 0.25) is 0 Å². The maximum absolute atomic E-state index is 6.14. The van der Waals surface area contributed by atoms with Crippen LogP contribution in [0.1, 0.15) is 42.2 Å². The Morgan fingerprint density at radius 3 is 2.79 bits per heavy atom. The average Bonchev–Trinajstić information content (AvgIpc) is 2.40. The number of rotatable bonds is 3. The molecule has 3 heteroatoms. The van der Waals surface area contributed by atoms with Gasteiger partial charge in [-0.2, -0.15) is 0 Å². The molecule has 1 aliphatic carbocycles. The van der Waals surface area contributed by atoms with Gasteiger partial charge in [0.25, 0.3) is 0 Å². The van der Waals surface area contributed by atoms with Crippen LogP contribution in [0.4, 0.5) is 0 Å². The zero-order valence-electron chi connectivity index (χ0n) is 8.42. The van der Waals surface area contributed by atoms with E-state index in [1.165, 1.54) is 24.1 Å². The van der Waals surface area contributed by atoms with Crippen molar-refractivity contribution in [3.63, 3.8) is 0 Å². The van der Waals surface area contributed by atoms with E-state index in [-0.39, 0.29) is 6.04 Å². The SMILES string of the molecule is Cc1cc(C(N)CC2CCC2)sc1Cl. The molecule has 2 N–H and O–H groups in total. The number of hydrogen-bond acceptors (Lipinski definition) is 2. The average molecular weight is 230 g/mol. The van der Waals surface area contributed by atoms with Crippen LogP contribution in [0, 0.1) is 12.8 Å². The maximum atomic E-state index is 6.14. The molecule has 0 aromatic carbocycles. The Kier molecular flexibility index (Phi) is 3.15. The molecule has 1 unspecified atom stereocenters. The molecule has 0 radical (unpaired) electrons. The van der Waals surface area contributed by atoms with Gasteiger partial charge in [0, 0.05) is 10.9 Å². The summed E-state index contributed by atoms with van der Waals surface area (Å²) in [5.74, 6) is 0.867. The van der Waals surface area contributed by atoms with Crippen molar-refractivity contribution in [1.29, 1.82) is 0 Å². The Morgan fingerprint density at radius 1 is 1.64 bits per heavy atom. The van der Waals surface area contributed by atoms with Crippen LogP contribution in [0.5, 0.6) is 0 Å². The Labute approximate surface area is 94.3 Å². The van der Waals surface area contributed by atoms with Gasteiger partial charge in [-0.3, -0.25) is 0 Å². The van der Waals surface area contributed by atoms with Gasteiger partial charge in [-0.15, -0.1) is 11.3 Å². The van der Waals surface area contributed by atoms with E-state index < -0.39 is 0 Å². The summed E-state index contributed by atoms with van der Waals surface area (Å²) in [7, 11) is 0. The van der Waals surface area contributed by atoms with E-state index in [1.54, 1.807) is 11.3 Å². The Morgan fingerprint density at radius 2 is 2.36 bits per heavy atom. The molecule has 14 heavy (non-hydrogen) atoms. The number of thiophene rings is 1. The third kappa shape index (κ3) is 2.13. The molecule has 1 atom stereocenters. The first kappa shape index (κ1) is 10.5. The van der Waals surface area contributed by atoms with Gasteiger partial charge in [-0.05, 0) is 30.9 Å². The van der Waals surface area contributed by atoms with Crippen molar-refractivity contribution >= 4 is 22.9 Å². The van der Waals surface area contributed by atoms with Crippen molar-refractivity contribution < 1.29 is 0 Å². The highest BCUT2D eigenvalue weighted by Crippen LogP contribution is 2.37. The smallest absolute Gasteiger partial charge is 0.0960 e. The quantitative estimate of drug-likeness (QED) is 0.836. The molecule has 2 rings (SSSR count). The molecule has 1 aliphatic rings. The molecule has 0 amide bonds. The largest absolute Gasteiger partial charge is 0.323 e. The number of halogens is 1. The van der Waals surface area contributed by atoms with Gasteiger partial charge >= 0.3 is 0 Å². The topological polar surface area (TPSA) is 26.0 Å². The third-order valence-corrected chi connectivity index (χ3v) is 4.74. The molecule has 0 bridgehead atoms. The van der Waals surface area contributed by atoms with Gasteiger partial charge in [0.15, 0.2) is 0 Å². The molecule has 1 nitrogen and oxygen atoms in total. The summed E-state index contributed by atoms with van der Waals surface area (Å²) in [4.78, 5) is 1.25. The summed E-state index contributed by atoms with van der Waals surface area (Å²) in [5.41, 5.74) is 7.30. The first-order valence-corrected chi connectivity index (χ1v) is 6.37. The highest BCUT2D eigenvalue weighted by atomic mass is 35.5. The minimum atomic E-state index is 0.205. The lowest BCUT2D eigenvalue weighted by Crippen LogP contribution is -2.19. The van der Waals surface area contributed by atoms with Gasteiger partial charge in [-0.25, -0.2) is 0 Å². The zero-order chi connectivity index (χ0) is 10.1. The van der Waals surface area contributed by atoms with E-state index in [1.807, 2.05) is 6.92 Å². The summed E-state index contributed by atoms with van der Waals surface area (Å²) in [6.45, 7) is 2.04. The van der Waals surface area contributed by atoms with Crippen molar-refractivity contribution in [3.8, 4) is 0 Å². The van der Waals surface area contributed by atoms with E-state index in [2.05, 4.69) is 6.07 Å². The van der Waals surface area contributed by atoms with Crippen LogP contribution in [0.15, 0.2) is 6.07 Å². The summed E-state index contributed by atoms with van der Waals surface area (Å²) in [5, 5.41) is 0. The minimum Gasteiger partial charge on any atom is -0.323 e. The van der Waals surface area contributed by atoms with E-state index in [4.69, 9.17) is 17.3 Å². The van der Waals surface area contributed by atoms with Crippen LogP contribution in [-0.4, -0.2) is 0 Å². The monoisotopic (exact) mass is 229 g/mol. The molecule has 1 saturated carbocycles. The maximum Gasteiger partial charge on any atom is 0.0960 e. The zero-order valence-corrected chi connectivity index (χ0v) is 10.00. The minimum absolute atomic E-state index is 0.205. The van der Waals surface area contributed by atoms with E-state index in [0.29, 0.717) is 0 Å². The van der Waals surface area contributed by atoms with Crippen LogP contribution in [0.3, 0.4) is 0 Å². The van der Waals surface area contributed by atoms with Crippen LogP contribution < -0.4 is 5.73 Å². The molecular formula is C11H16ClNS. The van der Waals surface area contributed by atoms with E-state index in [9.17, 15) is 0 Å². The second-order valence-electron chi connectivity index (χ2n) is 4.24. The number of aryl methyl sites for hydroxylation is 1. The number of hydrogen-bond donors (Lipinski definition) is 1. The normalized spacial score (nSPS) is 19.4. The van der Waals surface area contributed by atoms with Crippen molar-refractivity contribution in [1.82, 2.24) is 0 Å². The summed E-state index contributed by atoms with van der Waals surface area (Å²) in [6.07, 6.45) is 5.26. The van der Waals surface area contributed by atoms with E-state index in [0.717, 1.165) is 22.2 Å². The van der Waals surface area contributed by atoms with Gasteiger partial charge in [-0.1, -0.05) is 30.9 Å². The van der Waals surface area contributed by atoms with Gasteiger partial charge in [0.05, 0.1) is 4.34 Å². The lowest BCUT2D eigenvalue weighted by Gasteiger charge is -2.27. The third-order valence-electron chi connectivity index (χ3n) is 3.05. The second-order valence-corrected chi connectivity index (χ2v) is 5.93. The molecule has 1 fully saturated rings. The van der Waals surface area contributed by atoms with Crippen LogP contribution in [0.25, 0.3) is 0 Å². The fraction of sp³-hybridized carbons (Fsp3) is 0.636. The van der Waals surface area contributed by atoms with Crippen LogP contribution in [-0.2, 0) is 0 Å². The van der Waals surface area contributed by atoms with Crippen molar-refractivity contribution in [3.05, 3.63) is 20.8 Å². The van der Waals surface area contributed by atoms with Crippen LogP contribution >= 0.6 is 22.9 Å². The fourth-order valence-electron chi connectivity index (χ4n) is 1.87. The highest BCUT2D eigenvalue weighted by Gasteiger charge is 2.22. The first-order chi connectivity index (χ1) is 6.66. The van der Waals surface area contributed by atoms with Crippen LogP contribution in [0.2, 0.25) is 4.34 Å². The molecule has 0 saturated heterocycles. The molecule has 0 aliphatic heterocycles. The molecule has 1 aromatic rings. The Hall–Kier alpha value is -0.0500.